The van der Waals surface area contributed by atoms with Gasteiger partial charge in [0.25, 0.3) is 10.1 Å². The first-order valence-electron chi connectivity index (χ1n) is 9.70. The minimum atomic E-state index is -3.39. The Morgan fingerprint density at radius 3 is 2.64 bits per heavy atom. The van der Waals surface area contributed by atoms with E-state index in [9.17, 15) is 8.42 Å². The van der Waals surface area contributed by atoms with Gasteiger partial charge in [0.2, 0.25) is 0 Å². The fourth-order valence-electron chi connectivity index (χ4n) is 6.16. The van der Waals surface area contributed by atoms with E-state index >= 15 is 0 Å². The molecule has 2 fully saturated rings. The van der Waals surface area contributed by atoms with Crippen molar-refractivity contribution in [2.75, 3.05) is 12.9 Å². The van der Waals surface area contributed by atoms with Crippen molar-refractivity contribution in [2.45, 2.75) is 65.7 Å². The molecule has 3 aliphatic carbocycles. The van der Waals surface area contributed by atoms with Crippen LogP contribution in [0.5, 0.6) is 0 Å². The van der Waals surface area contributed by atoms with Crippen LogP contribution in [0.2, 0.25) is 0 Å². The second kappa shape index (κ2) is 6.23. The summed E-state index contributed by atoms with van der Waals surface area (Å²) < 4.78 is 28.4. The lowest BCUT2D eigenvalue weighted by Gasteiger charge is -2.59. The molecule has 4 heteroatoms. The summed E-state index contributed by atoms with van der Waals surface area (Å²) in [4.78, 5) is 0. The molecule has 0 heterocycles. The van der Waals surface area contributed by atoms with Gasteiger partial charge in [0.1, 0.15) is 0 Å². The third-order valence-electron chi connectivity index (χ3n) is 7.55. The van der Waals surface area contributed by atoms with Crippen LogP contribution in [0.1, 0.15) is 65.7 Å². The quantitative estimate of drug-likeness (QED) is 0.514. The average molecular weight is 367 g/mol. The van der Waals surface area contributed by atoms with Crippen LogP contribution in [0.15, 0.2) is 24.3 Å². The van der Waals surface area contributed by atoms with E-state index in [-0.39, 0.29) is 16.2 Å². The lowest BCUT2D eigenvalue weighted by molar-refractivity contribution is -0.0489. The molecule has 2 saturated carbocycles. The van der Waals surface area contributed by atoms with Gasteiger partial charge in [0.15, 0.2) is 0 Å². The fraction of sp³-hybridized carbons (Fsp3) is 0.810. The highest BCUT2D eigenvalue weighted by Crippen LogP contribution is 2.63. The van der Waals surface area contributed by atoms with E-state index in [0.717, 1.165) is 25.5 Å². The van der Waals surface area contributed by atoms with Crippen molar-refractivity contribution in [3.05, 3.63) is 24.3 Å². The van der Waals surface area contributed by atoms with Gasteiger partial charge < -0.3 is 0 Å². The summed E-state index contributed by atoms with van der Waals surface area (Å²) in [6.07, 6.45) is 13.9. The maximum Gasteiger partial charge on any atom is 0.264 e. The van der Waals surface area contributed by atoms with Gasteiger partial charge >= 0.3 is 0 Å². The van der Waals surface area contributed by atoms with Crippen LogP contribution in [0.25, 0.3) is 0 Å². The summed E-state index contributed by atoms with van der Waals surface area (Å²) >= 11 is 0. The van der Waals surface area contributed by atoms with Gasteiger partial charge in [-0.25, -0.2) is 0 Å². The van der Waals surface area contributed by atoms with E-state index in [1.807, 2.05) is 0 Å². The second-order valence-corrected chi connectivity index (χ2v) is 11.3. The van der Waals surface area contributed by atoms with Crippen molar-refractivity contribution in [3.63, 3.8) is 0 Å². The number of fused-ring (bicyclic) bond motifs is 3. The van der Waals surface area contributed by atoms with E-state index in [4.69, 9.17) is 4.18 Å². The number of allylic oxidation sites excluding steroid dienone is 3. The van der Waals surface area contributed by atoms with Crippen LogP contribution in [0.3, 0.4) is 0 Å². The number of rotatable bonds is 4. The molecule has 0 aromatic rings. The van der Waals surface area contributed by atoms with Gasteiger partial charge in [-0.3, -0.25) is 4.18 Å². The highest BCUT2D eigenvalue weighted by molar-refractivity contribution is 7.85. The molecule has 3 aliphatic rings. The van der Waals surface area contributed by atoms with Crippen LogP contribution in [-0.4, -0.2) is 21.3 Å². The third-order valence-corrected chi connectivity index (χ3v) is 8.10. The van der Waals surface area contributed by atoms with Crippen LogP contribution < -0.4 is 0 Å². The van der Waals surface area contributed by atoms with Gasteiger partial charge in [-0.15, -0.1) is 6.58 Å². The summed E-state index contributed by atoms with van der Waals surface area (Å²) in [6, 6.07) is 0. The van der Waals surface area contributed by atoms with E-state index in [0.29, 0.717) is 18.4 Å². The lowest BCUT2D eigenvalue weighted by Crippen LogP contribution is -2.51. The topological polar surface area (TPSA) is 43.4 Å². The Labute approximate surface area is 154 Å². The maximum atomic E-state index is 11.5. The molecule has 3 rings (SSSR count). The molecular weight excluding hydrogens is 332 g/mol. The largest absolute Gasteiger partial charge is 0.270 e. The summed E-state index contributed by atoms with van der Waals surface area (Å²) in [5, 5.41) is 0. The predicted octanol–water partition coefficient (Wildman–Crippen LogP) is 5.10. The molecular formula is C21H34O3S. The zero-order valence-corrected chi connectivity index (χ0v) is 17.1. The van der Waals surface area contributed by atoms with Gasteiger partial charge in [0, 0.05) is 0 Å². The molecule has 0 spiro atoms. The van der Waals surface area contributed by atoms with Gasteiger partial charge in [-0.1, -0.05) is 44.9 Å². The molecule has 0 aromatic heterocycles. The molecule has 0 radical (unpaired) electrons. The first-order valence-corrected chi connectivity index (χ1v) is 11.5. The molecule has 0 bridgehead atoms. The van der Waals surface area contributed by atoms with Crippen molar-refractivity contribution < 1.29 is 12.6 Å². The predicted molar refractivity (Wildman–Crippen MR) is 103 cm³/mol. The Kier molecular flexibility index (Phi) is 4.77. The second-order valence-electron chi connectivity index (χ2n) is 9.64. The molecule has 0 amide bonds. The minimum Gasteiger partial charge on any atom is -0.270 e. The van der Waals surface area contributed by atoms with E-state index in [2.05, 4.69) is 39.5 Å². The summed E-state index contributed by atoms with van der Waals surface area (Å²) in [5.74, 6) is 1.17. The summed E-state index contributed by atoms with van der Waals surface area (Å²) in [5.41, 5.74) is 2.02. The Bertz CT molecular complexity index is 679. The third kappa shape index (κ3) is 3.49. The molecule has 2 unspecified atom stereocenters. The van der Waals surface area contributed by atoms with Crippen molar-refractivity contribution in [2.24, 2.45) is 28.1 Å². The molecule has 0 aromatic carbocycles. The molecule has 142 valence electrons. The summed E-state index contributed by atoms with van der Waals surface area (Å²) in [7, 11) is -3.39. The van der Waals surface area contributed by atoms with Crippen LogP contribution in [-0.2, 0) is 14.3 Å². The van der Waals surface area contributed by atoms with Gasteiger partial charge in [0.05, 0.1) is 12.9 Å². The number of hydrogen-bond donors (Lipinski definition) is 0. The number of hydrogen-bond acceptors (Lipinski definition) is 3. The van der Waals surface area contributed by atoms with Crippen LogP contribution in [0.4, 0.5) is 0 Å². The fourth-order valence-corrected chi connectivity index (χ4v) is 6.64. The van der Waals surface area contributed by atoms with Gasteiger partial charge in [-0.05, 0) is 66.6 Å². The highest BCUT2D eigenvalue weighted by atomic mass is 32.2. The Morgan fingerprint density at radius 2 is 2.00 bits per heavy atom. The Morgan fingerprint density at radius 1 is 1.28 bits per heavy atom. The standard InChI is InChI=1S/C21H34O3S/c1-6-19(2)13-10-17-16(14-19)8-9-18-20(3,15-24-25(5,22)23)11-7-12-21(17,18)4/h6,10,16,18H,1,7-9,11-15H2,2-5H3/t16?,18?,19-,20-,21-/m0/s1. The van der Waals surface area contributed by atoms with Crippen molar-refractivity contribution in [1.29, 1.82) is 0 Å². The van der Waals surface area contributed by atoms with Crippen LogP contribution >= 0.6 is 0 Å². The monoisotopic (exact) mass is 366 g/mol. The zero-order valence-electron chi connectivity index (χ0n) is 16.3. The smallest absolute Gasteiger partial charge is 0.264 e. The first-order chi connectivity index (χ1) is 11.5. The molecule has 0 saturated heterocycles. The molecule has 5 atom stereocenters. The van der Waals surface area contributed by atoms with Crippen molar-refractivity contribution >= 4 is 10.1 Å². The lowest BCUT2D eigenvalue weighted by atomic mass is 9.46. The Balaban J connectivity index is 1.89. The van der Waals surface area contributed by atoms with E-state index < -0.39 is 10.1 Å². The summed E-state index contributed by atoms with van der Waals surface area (Å²) in [6.45, 7) is 11.4. The normalized spacial score (nSPS) is 44.4. The molecule has 0 aliphatic heterocycles. The molecule has 25 heavy (non-hydrogen) atoms. The Hall–Kier alpha value is -0.610. The average Bonchev–Trinajstić information content (AvgIpc) is 2.52. The molecule has 0 N–H and O–H groups in total. The highest BCUT2D eigenvalue weighted by Gasteiger charge is 2.55. The maximum absolute atomic E-state index is 11.5. The van der Waals surface area contributed by atoms with Crippen molar-refractivity contribution in [1.82, 2.24) is 0 Å². The van der Waals surface area contributed by atoms with Crippen molar-refractivity contribution in [3.8, 4) is 0 Å². The zero-order chi connectivity index (χ0) is 18.5. The van der Waals surface area contributed by atoms with Gasteiger partial charge in [-0.2, -0.15) is 8.42 Å². The molecule has 3 nitrogen and oxygen atoms in total. The van der Waals surface area contributed by atoms with E-state index in [1.54, 1.807) is 5.57 Å². The SMILES string of the molecule is C=C[C@@]1(C)CC=C2C(CCC3[C@](C)(COS(C)(=O)=O)CCC[C@@]23C)C1. The van der Waals surface area contributed by atoms with Crippen LogP contribution in [0, 0.1) is 28.1 Å². The first kappa shape index (κ1) is 19.2. The van der Waals surface area contributed by atoms with E-state index in [1.165, 1.54) is 25.7 Å². The minimum absolute atomic E-state index is 0.0545.